The molecule has 0 unspecified atom stereocenters. The van der Waals surface area contributed by atoms with Crippen LogP contribution in [0.25, 0.3) is 11.3 Å². The third-order valence-electron chi connectivity index (χ3n) is 5.09. The number of fused-ring (bicyclic) bond motifs is 1. The second-order valence-electron chi connectivity index (χ2n) is 6.85. The molecule has 0 heterocycles. The summed E-state index contributed by atoms with van der Waals surface area (Å²) in [5, 5.41) is 3.71. The Bertz CT molecular complexity index is 922. The highest BCUT2D eigenvalue weighted by Crippen LogP contribution is 2.43. The molecule has 1 N–H and O–H groups in total. The zero-order valence-electron chi connectivity index (χ0n) is 14.8. The SMILES string of the molecule is Cc1ccccc1C1=C(Nc2ccccc2)c2ccccc2[C@@H](C)C1. The molecule has 25 heavy (non-hydrogen) atoms. The number of anilines is 1. The predicted molar refractivity (Wildman–Crippen MR) is 108 cm³/mol. The van der Waals surface area contributed by atoms with Crippen LogP contribution < -0.4 is 5.32 Å². The second kappa shape index (κ2) is 6.60. The van der Waals surface area contributed by atoms with E-state index in [4.69, 9.17) is 0 Å². The van der Waals surface area contributed by atoms with Gasteiger partial charge in [-0.15, -0.1) is 0 Å². The van der Waals surface area contributed by atoms with E-state index in [0.717, 1.165) is 12.1 Å². The van der Waals surface area contributed by atoms with Crippen LogP contribution in [0.3, 0.4) is 0 Å². The van der Waals surface area contributed by atoms with Crippen LogP contribution in [0.4, 0.5) is 5.69 Å². The van der Waals surface area contributed by atoms with E-state index < -0.39 is 0 Å². The molecule has 1 aliphatic rings. The highest BCUT2D eigenvalue weighted by molar-refractivity contribution is 5.99. The molecule has 1 aliphatic carbocycles. The van der Waals surface area contributed by atoms with Crippen molar-refractivity contribution in [3.8, 4) is 0 Å². The van der Waals surface area contributed by atoms with Gasteiger partial charge in [0.15, 0.2) is 0 Å². The maximum atomic E-state index is 3.71. The minimum Gasteiger partial charge on any atom is -0.355 e. The fourth-order valence-electron chi connectivity index (χ4n) is 3.80. The molecule has 0 saturated heterocycles. The Labute approximate surface area is 150 Å². The van der Waals surface area contributed by atoms with E-state index in [1.165, 1.54) is 33.5 Å². The zero-order chi connectivity index (χ0) is 17.2. The van der Waals surface area contributed by atoms with Crippen molar-refractivity contribution in [3.05, 3.63) is 101 Å². The Balaban J connectivity index is 1.92. The fourth-order valence-corrected chi connectivity index (χ4v) is 3.80. The van der Waals surface area contributed by atoms with Gasteiger partial charge in [0.2, 0.25) is 0 Å². The summed E-state index contributed by atoms with van der Waals surface area (Å²) in [4.78, 5) is 0. The number of hydrogen-bond acceptors (Lipinski definition) is 1. The van der Waals surface area contributed by atoms with Crippen molar-refractivity contribution in [2.24, 2.45) is 0 Å². The molecule has 0 spiro atoms. The lowest BCUT2D eigenvalue weighted by Crippen LogP contribution is -2.14. The molecule has 3 aromatic rings. The van der Waals surface area contributed by atoms with E-state index >= 15 is 0 Å². The van der Waals surface area contributed by atoms with E-state index in [0.29, 0.717) is 5.92 Å². The van der Waals surface area contributed by atoms with Crippen LogP contribution in [0.2, 0.25) is 0 Å². The lowest BCUT2D eigenvalue weighted by atomic mass is 9.79. The van der Waals surface area contributed by atoms with Gasteiger partial charge in [-0.25, -0.2) is 0 Å². The molecule has 0 radical (unpaired) electrons. The summed E-state index contributed by atoms with van der Waals surface area (Å²) in [6.07, 6.45) is 1.05. The average molecular weight is 325 g/mol. The monoisotopic (exact) mass is 325 g/mol. The van der Waals surface area contributed by atoms with Gasteiger partial charge in [0.25, 0.3) is 0 Å². The lowest BCUT2D eigenvalue weighted by molar-refractivity contribution is 0.779. The molecular weight excluding hydrogens is 302 g/mol. The van der Waals surface area contributed by atoms with Crippen LogP contribution in [-0.2, 0) is 0 Å². The summed E-state index contributed by atoms with van der Waals surface area (Å²) in [6, 6.07) is 28.0. The summed E-state index contributed by atoms with van der Waals surface area (Å²) in [7, 11) is 0. The smallest absolute Gasteiger partial charge is 0.0499 e. The highest BCUT2D eigenvalue weighted by atomic mass is 14.9. The third-order valence-corrected chi connectivity index (χ3v) is 5.09. The molecule has 0 aliphatic heterocycles. The molecule has 1 nitrogen and oxygen atoms in total. The van der Waals surface area contributed by atoms with Crippen LogP contribution in [-0.4, -0.2) is 0 Å². The first-order chi connectivity index (χ1) is 12.2. The Morgan fingerprint density at radius 2 is 1.40 bits per heavy atom. The topological polar surface area (TPSA) is 12.0 Å². The first-order valence-corrected chi connectivity index (χ1v) is 8.94. The van der Waals surface area contributed by atoms with Gasteiger partial charge in [0.05, 0.1) is 0 Å². The molecule has 0 bridgehead atoms. The Hall–Kier alpha value is -2.80. The van der Waals surface area contributed by atoms with Gasteiger partial charge < -0.3 is 5.32 Å². The summed E-state index contributed by atoms with van der Waals surface area (Å²) in [5.41, 5.74) is 9.22. The number of aryl methyl sites for hydroxylation is 1. The number of rotatable bonds is 3. The predicted octanol–water partition coefficient (Wildman–Crippen LogP) is 6.48. The Morgan fingerprint density at radius 3 is 2.16 bits per heavy atom. The van der Waals surface area contributed by atoms with Crippen LogP contribution in [0.5, 0.6) is 0 Å². The van der Waals surface area contributed by atoms with Crippen molar-refractivity contribution in [3.63, 3.8) is 0 Å². The lowest BCUT2D eigenvalue weighted by Gasteiger charge is -2.29. The maximum absolute atomic E-state index is 3.71. The second-order valence-corrected chi connectivity index (χ2v) is 6.85. The standard InChI is InChI=1S/C24H23N/c1-17-10-6-7-13-20(17)23-16-18(2)21-14-8-9-15-22(21)24(23)25-19-11-4-3-5-12-19/h3-15,18,25H,16H2,1-2H3/t18-/m0/s1. The van der Waals surface area contributed by atoms with Crippen LogP contribution in [0.1, 0.15) is 41.5 Å². The van der Waals surface area contributed by atoms with Gasteiger partial charge in [-0.2, -0.15) is 0 Å². The van der Waals surface area contributed by atoms with Gasteiger partial charge in [-0.1, -0.05) is 73.7 Å². The molecule has 1 heteroatoms. The molecular formula is C24H23N. The van der Waals surface area contributed by atoms with Gasteiger partial charge in [0.1, 0.15) is 0 Å². The number of hydrogen-bond donors (Lipinski definition) is 1. The van der Waals surface area contributed by atoms with Gasteiger partial charge in [0, 0.05) is 16.9 Å². The molecule has 4 rings (SSSR count). The quantitative estimate of drug-likeness (QED) is 0.581. The van der Waals surface area contributed by atoms with E-state index in [1.54, 1.807) is 0 Å². The molecule has 3 aromatic carbocycles. The zero-order valence-corrected chi connectivity index (χ0v) is 14.8. The van der Waals surface area contributed by atoms with Gasteiger partial charge in [-0.3, -0.25) is 0 Å². The van der Waals surface area contributed by atoms with E-state index in [-0.39, 0.29) is 0 Å². The molecule has 0 saturated carbocycles. The van der Waals surface area contributed by atoms with Crippen molar-refractivity contribution in [1.29, 1.82) is 0 Å². The van der Waals surface area contributed by atoms with Crippen LogP contribution in [0, 0.1) is 6.92 Å². The van der Waals surface area contributed by atoms with Crippen LogP contribution >= 0.6 is 0 Å². The van der Waals surface area contributed by atoms with Crippen LogP contribution in [0.15, 0.2) is 78.9 Å². The first kappa shape index (κ1) is 15.7. The van der Waals surface area contributed by atoms with E-state index in [9.17, 15) is 0 Å². The Kier molecular flexibility index (Phi) is 4.15. The van der Waals surface area contributed by atoms with Crippen molar-refractivity contribution >= 4 is 17.0 Å². The van der Waals surface area contributed by atoms with Crippen molar-refractivity contribution in [1.82, 2.24) is 0 Å². The average Bonchev–Trinajstić information content (AvgIpc) is 2.65. The van der Waals surface area contributed by atoms with Gasteiger partial charge >= 0.3 is 0 Å². The number of benzene rings is 3. The third kappa shape index (κ3) is 2.98. The number of para-hydroxylation sites is 1. The molecule has 1 atom stereocenters. The molecule has 0 aromatic heterocycles. The van der Waals surface area contributed by atoms with Crippen molar-refractivity contribution in [2.75, 3.05) is 5.32 Å². The number of allylic oxidation sites excluding steroid dienone is 1. The van der Waals surface area contributed by atoms with Crippen molar-refractivity contribution < 1.29 is 0 Å². The maximum Gasteiger partial charge on any atom is 0.0499 e. The molecule has 0 fully saturated rings. The van der Waals surface area contributed by atoms with Crippen molar-refractivity contribution in [2.45, 2.75) is 26.2 Å². The first-order valence-electron chi connectivity index (χ1n) is 8.94. The fraction of sp³-hybridized carbons (Fsp3) is 0.167. The summed E-state index contributed by atoms with van der Waals surface area (Å²) < 4.78 is 0. The summed E-state index contributed by atoms with van der Waals surface area (Å²) in [5.74, 6) is 0.520. The summed E-state index contributed by atoms with van der Waals surface area (Å²) in [6.45, 7) is 4.53. The highest BCUT2D eigenvalue weighted by Gasteiger charge is 2.25. The Morgan fingerprint density at radius 1 is 0.760 bits per heavy atom. The molecule has 0 amide bonds. The van der Waals surface area contributed by atoms with E-state index in [2.05, 4.69) is 98.0 Å². The summed E-state index contributed by atoms with van der Waals surface area (Å²) >= 11 is 0. The molecule has 124 valence electrons. The van der Waals surface area contributed by atoms with E-state index in [1.807, 2.05) is 0 Å². The normalized spacial score (nSPS) is 16.5. The van der Waals surface area contributed by atoms with Gasteiger partial charge in [-0.05, 0) is 53.7 Å². The largest absolute Gasteiger partial charge is 0.355 e. The minimum atomic E-state index is 0.520. The minimum absolute atomic E-state index is 0.520. The number of nitrogens with one attached hydrogen (secondary N) is 1.